The lowest BCUT2D eigenvalue weighted by atomic mass is 10.1. The van der Waals surface area contributed by atoms with Crippen LogP contribution < -0.4 is 5.32 Å². The molecule has 2 heterocycles. The van der Waals surface area contributed by atoms with E-state index >= 15 is 0 Å². The Morgan fingerprint density at radius 2 is 2.17 bits per heavy atom. The van der Waals surface area contributed by atoms with Crippen LogP contribution in [-0.4, -0.2) is 32.9 Å². The van der Waals surface area contributed by atoms with E-state index in [0.29, 0.717) is 5.56 Å². The fourth-order valence-electron chi connectivity index (χ4n) is 2.59. The minimum atomic E-state index is -0.128. The molecule has 5 nitrogen and oxygen atoms in total. The summed E-state index contributed by atoms with van der Waals surface area (Å²) in [6, 6.07) is 9.58. The zero-order valence-corrected chi connectivity index (χ0v) is 14.0. The number of amides is 1. The normalized spacial score (nSPS) is 12.4. The summed E-state index contributed by atoms with van der Waals surface area (Å²) in [5.41, 5.74) is 3.46. The molecule has 3 rings (SSSR count). The number of imidazole rings is 1. The third-order valence-corrected chi connectivity index (χ3v) is 4.50. The van der Waals surface area contributed by atoms with E-state index in [1.807, 2.05) is 31.2 Å². The Morgan fingerprint density at radius 1 is 1.35 bits per heavy atom. The first-order valence-corrected chi connectivity index (χ1v) is 8.97. The van der Waals surface area contributed by atoms with Crippen molar-refractivity contribution in [2.75, 3.05) is 12.0 Å². The maximum absolute atomic E-state index is 12.5. The lowest BCUT2D eigenvalue weighted by molar-refractivity contribution is 0.0933. The number of aromatic amines is 2. The third-order valence-electron chi connectivity index (χ3n) is 3.85. The molecule has 3 N–H and O–H groups in total. The number of benzene rings is 1. The van der Waals surface area contributed by atoms with Gasteiger partial charge in [-0.15, -0.1) is 0 Å². The van der Waals surface area contributed by atoms with Gasteiger partial charge in [-0.1, -0.05) is 12.1 Å². The number of hydrogen-bond acceptors (Lipinski definition) is 3. The molecule has 0 radical (unpaired) electrons. The van der Waals surface area contributed by atoms with Crippen LogP contribution in [0.2, 0.25) is 0 Å². The Kier molecular flexibility index (Phi) is 4.71. The second kappa shape index (κ2) is 6.91. The average molecular weight is 328 g/mol. The van der Waals surface area contributed by atoms with Crippen LogP contribution in [0.4, 0.5) is 0 Å². The molecule has 0 aliphatic rings. The number of aromatic nitrogens is 3. The number of aryl methyl sites for hydroxylation is 1. The predicted octanol–water partition coefficient (Wildman–Crippen LogP) is 3.42. The summed E-state index contributed by atoms with van der Waals surface area (Å²) in [6.45, 7) is 1.90. The van der Waals surface area contributed by atoms with Crippen molar-refractivity contribution in [1.82, 2.24) is 20.3 Å². The van der Waals surface area contributed by atoms with Gasteiger partial charge in [0.2, 0.25) is 0 Å². The van der Waals surface area contributed by atoms with Crippen LogP contribution in [0.25, 0.3) is 11.0 Å². The minimum absolute atomic E-state index is 0.0738. The van der Waals surface area contributed by atoms with Gasteiger partial charge >= 0.3 is 0 Å². The number of nitrogens with zero attached hydrogens (tertiary/aromatic N) is 1. The van der Waals surface area contributed by atoms with Crippen molar-refractivity contribution < 1.29 is 4.79 Å². The molecule has 120 valence electrons. The molecule has 23 heavy (non-hydrogen) atoms. The first-order valence-electron chi connectivity index (χ1n) is 7.57. The van der Waals surface area contributed by atoms with Crippen LogP contribution in [0.3, 0.4) is 0 Å². The second-order valence-corrected chi connectivity index (χ2v) is 6.45. The zero-order chi connectivity index (χ0) is 16.2. The van der Waals surface area contributed by atoms with Crippen molar-refractivity contribution in [2.45, 2.75) is 19.4 Å². The largest absolute Gasteiger partial charge is 0.365 e. The van der Waals surface area contributed by atoms with Gasteiger partial charge in [0.05, 0.1) is 22.6 Å². The molecule has 6 heteroatoms. The number of rotatable bonds is 6. The Labute approximate surface area is 139 Å². The van der Waals surface area contributed by atoms with E-state index in [1.54, 1.807) is 24.0 Å². The molecule has 0 aliphatic heterocycles. The highest BCUT2D eigenvalue weighted by atomic mass is 32.2. The van der Waals surface area contributed by atoms with Crippen molar-refractivity contribution >= 4 is 28.7 Å². The van der Waals surface area contributed by atoms with Crippen molar-refractivity contribution in [1.29, 1.82) is 0 Å². The molecule has 0 saturated heterocycles. The van der Waals surface area contributed by atoms with Crippen molar-refractivity contribution in [3.63, 3.8) is 0 Å². The highest BCUT2D eigenvalue weighted by molar-refractivity contribution is 7.98. The predicted molar refractivity (Wildman–Crippen MR) is 94.8 cm³/mol. The van der Waals surface area contributed by atoms with Gasteiger partial charge in [0.25, 0.3) is 5.91 Å². The molecular weight excluding hydrogens is 308 g/mol. The first kappa shape index (κ1) is 15.7. The molecule has 1 aromatic carbocycles. The van der Waals surface area contributed by atoms with Gasteiger partial charge < -0.3 is 15.3 Å². The number of fused-ring (bicyclic) bond motifs is 1. The second-order valence-electron chi connectivity index (χ2n) is 5.46. The number of carbonyl (C=O) groups is 1. The van der Waals surface area contributed by atoms with Gasteiger partial charge in [-0.3, -0.25) is 4.79 Å². The fourth-order valence-corrected chi connectivity index (χ4v) is 3.06. The monoisotopic (exact) mass is 328 g/mol. The number of para-hydroxylation sites is 2. The molecule has 3 aromatic rings. The molecule has 0 aliphatic carbocycles. The van der Waals surface area contributed by atoms with Crippen LogP contribution in [0.15, 0.2) is 36.5 Å². The molecular formula is C17H20N4OS. The fraction of sp³-hybridized carbons (Fsp3) is 0.294. The van der Waals surface area contributed by atoms with E-state index < -0.39 is 0 Å². The number of carbonyl (C=O) groups excluding carboxylic acids is 1. The van der Waals surface area contributed by atoms with Gasteiger partial charge in [-0.05, 0) is 43.6 Å². The van der Waals surface area contributed by atoms with Crippen LogP contribution in [0, 0.1) is 6.92 Å². The summed E-state index contributed by atoms with van der Waals surface area (Å²) in [6.07, 6.45) is 4.67. The summed E-state index contributed by atoms with van der Waals surface area (Å²) in [4.78, 5) is 23.5. The highest BCUT2D eigenvalue weighted by Crippen LogP contribution is 2.21. The quantitative estimate of drug-likeness (QED) is 0.649. The molecule has 0 saturated carbocycles. The SMILES string of the molecule is CSCC[C@H](NC(=O)c1cc[nH]c1C)c1nc2ccccc2[nH]1. The molecule has 1 amide bonds. The van der Waals surface area contributed by atoms with Gasteiger partial charge in [0.15, 0.2) is 0 Å². The van der Waals surface area contributed by atoms with E-state index in [0.717, 1.165) is 34.7 Å². The summed E-state index contributed by atoms with van der Waals surface area (Å²) < 4.78 is 0. The van der Waals surface area contributed by atoms with Crippen LogP contribution in [-0.2, 0) is 0 Å². The molecule has 1 atom stereocenters. The van der Waals surface area contributed by atoms with E-state index in [4.69, 9.17) is 0 Å². The number of hydrogen-bond donors (Lipinski definition) is 3. The molecule has 0 fully saturated rings. The first-order chi connectivity index (χ1) is 11.2. The Morgan fingerprint density at radius 3 is 2.87 bits per heavy atom. The van der Waals surface area contributed by atoms with Crippen LogP contribution in [0.1, 0.15) is 34.3 Å². The van der Waals surface area contributed by atoms with Crippen molar-refractivity contribution in [3.05, 3.63) is 53.6 Å². The summed E-state index contributed by atoms with van der Waals surface area (Å²) in [5.74, 6) is 1.69. The van der Waals surface area contributed by atoms with E-state index in [-0.39, 0.29) is 11.9 Å². The van der Waals surface area contributed by atoms with E-state index in [1.165, 1.54) is 0 Å². The average Bonchev–Trinajstić information content (AvgIpc) is 3.16. The summed E-state index contributed by atoms with van der Waals surface area (Å²) >= 11 is 1.76. The number of thioether (sulfide) groups is 1. The van der Waals surface area contributed by atoms with Crippen molar-refractivity contribution in [2.24, 2.45) is 0 Å². The topological polar surface area (TPSA) is 73.6 Å². The third kappa shape index (κ3) is 3.42. The Hall–Kier alpha value is -2.21. The van der Waals surface area contributed by atoms with Gasteiger partial charge in [-0.25, -0.2) is 4.98 Å². The van der Waals surface area contributed by atoms with Gasteiger partial charge in [0.1, 0.15) is 5.82 Å². The lowest BCUT2D eigenvalue weighted by Crippen LogP contribution is -2.30. The summed E-state index contributed by atoms with van der Waals surface area (Å²) in [5, 5.41) is 3.11. The molecule has 0 bridgehead atoms. The van der Waals surface area contributed by atoms with E-state index in [2.05, 4.69) is 26.5 Å². The summed E-state index contributed by atoms with van der Waals surface area (Å²) in [7, 11) is 0. The number of H-pyrrole nitrogens is 2. The maximum Gasteiger partial charge on any atom is 0.253 e. The Bertz CT molecular complexity index is 775. The Balaban J connectivity index is 1.85. The number of nitrogens with one attached hydrogen (secondary N) is 3. The van der Waals surface area contributed by atoms with E-state index in [9.17, 15) is 4.79 Å². The molecule has 2 aromatic heterocycles. The smallest absolute Gasteiger partial charge is 0.253 e. The lowest BCUT2D eigenvalue weighted by Gasteiger charge is -2.16. The van der Waals surface area contributed by atoms with Gasteiger partial charge in [-0.2, -0.15) is 11.8 Å². The maximum atomic E-state index is 12.5. The van der Waals surface area contributed by atoms with Crippen molar-refractivity contribution in [3.8, 4) is 0 Å². The van der Waals surface area contributed by atoms with Crippen LogP contribution >= 0.6 is 11.8 Å². The zero-order valence-electron chi connectivity index (χ0n) is 13.2. The standard InChI is InChI=1S/C17H20N4OS/c1-11-12(7-9-18-11)17(22)21-15(8-10-23-2)16-19-13-5-3-4-6-14(13)20-16/h3-7,9,15,18H,8,10H2,1-2H3,(H,19,20)(H,21,22)/t15-/m0/s1. The minimum Gasteiger partial charge on any atom is -0.365 e. The molecule has 0 unspecified atom stereocenters. The molecule has 0 spiro atoms. The van der Waals surface area contributed by atoms with Gasteiger partial charge in [0, 0.05) is 11.9 Å². The highest BCUT2D eigenvalue weighted by Gasteiger charge is 2.20. The van der Waals surface area contributed by atoms with Crippen LogP contribution in [0.5, 0.6) is 0 Å².